The normalized spacial score (nSPS) is 11.8. The van der Waals surface area contributed by atoms with Crippen LogP contribution in [0.5, 0.6) is 0 Å². The Balaban J connectivity index is 2.18. The second kappa shape index (κ2) is 4.92. The van der Waals surface area contributed by atoms with Crippen molar-refractivity contribution in [2.75, 3.05) is 20.6 Å². The molecule has 0 aliphatic heterocycles. The van der Waals surface area contributed by atoms with Gasteiger partial charge < -0.3 is 9.88 Å². The number of H-pyrrole nitrogens is 1. The van der Waals surface area contributed by atoms with Crippen LogP contribution in [0.15, 0.2) is 29.3 Å². The van der Waals surface area contributed by atoms with E-state index in [1.165, 1.54) is 4.90 Å². The summed E-state index contributed by atoms with van der Waals surface area (Å²) in [7, 11) is 4.11. The van der Waals surface area contributed by atoms with E-state index in [9.17, 15) is 4.79 Å². The van der Waals surface area contributed by atoms with E-state index in [-0.39, 0.29) is 5.56 Å². The van der Waals surface area contributed by atoms with Crippen molar-refractivity contribution < 1.29 is 4.90 Å². The third-order valence-corrected chi connectivity index (χ3v) is 3.62. The number of rotatable bonds is 3. The topological polar surface area (TPSA) is 55.1 Å². The van der Waals surface area contributed by atoms with E-state index in [1.807, 2.05) is 12.1 Å². The molecule has 104 valence electrons. The Kier molecular flexibility index (Phi) is 3.23. The smallest absolute Gasteiger partial charge is 0.277 e. The first-order valence-corrected chi connectivity index (χ1v) is 6.89. The molecule has 0 aliphatic rings. The average Bonchev–Trinajstić information content (AvgIpc) is 2.77. The van der Waals surface area contributed by atoms with E-state index in [1.54, 1.807) is 17.0 Å². The van der Waals surface area contributed by atoms with Crippen molar-refractivity contribution in [3.63, 3.8) is 0 Å². The number of halogens is 1. The summed E-state index contributed by atoms with van der Waals surface area (Å²) in [5, 5.41) is 1.52. The first-order chi connectivity index (χ1) is 9.56. The fraction of sp³-hybridized carbons (Fsp3) is 0.286. The van der Waals surface area contributed by atoms with Crippen molar-refractivity contribution in [2.45, 2.75) is 6.54 Å². The van der Waals surface area contributed by atoms with Gasteiger partial charge >= 0.3 is 0 Å². The molecule has 0 amide bonds. The Labute approximate surface area is 120 Å². The third-order valence-electron chi connectivity index (χ3n) is 3.39. The van der Waals surface area contributed by atoms with Crippen molar-refractivity contribution in [3.05, 3.63) is 39.9 Å². The predicted molar refractivity (Wildman–Crippen MR) is 80.5 cm³/mol. The van der Waals surface area contributed by atoms with Gasteiger partial charge in [0.1, 0.15) is 11.0 Å². The zero-order valence-corrected chi connectivity index (χ0v) is 12.2. The van der Waals surface area contributed by atoms with Crippen molar-refractivity contribution >= 4 is 33.5 Å². The Morgan fingerprint density at radius 3 is 2.95 bits per heavy atom. The second-order valence-electron chi connectivity index (χ2n) is 5.24. The number of likely N-dealkylation sites (N-methyl/N-ethyl adjacent to an activating group) is 1. The summed E-state index contributed by atoms with van der Waals surface area (Å²) < 4.78 is 1.65. The number of hydrogen-bond acceptors (Lipinski definition) is 2. The molecule has 0 spiro atoms. The Morgan fingerprint density at radius 1 is 1.40 bits per heavy atom. The first kappa shape index (κ1) is 13.1. The maximum atomic E-state index is 12.4. The molecule has 6 heteroatoms. The van der Waals surface area contributed by atoms with Gasteiger partial charge in [0.05, 0.1) is 33.5 Å². The number of quaternary nitrogens is 1. The maximum Gasteiger partial charge on any atom is 0.277 e. The molecule has 0 unspecified atom stereocenters. The fourth-order valence-electron chi connectivity index (χ4n) is 2.27. The Morgan fingerprint density at radius 2 is 2.20 bits per heavy atom. The fourth-order valence-corrected chi connectivity index (χ4v) is 2.44. The summed E-state index contributed by atoms with van der Waals surface area (Å²) in [5.74, 6) is 0. The number of nitrogens with zero attached hydrogens (tertiary/aromatic N) is 2. The molecule has 5 nitrogen and oxygen atoms in total. The van der Waals surface area contributed by atoms with Crippen molar-refractivity contribution in [1.29, 1.82) is 0 Å². The highest BCUT2D eigenvalue weighted by atomic mass is 35.5. The van der Waals surface area contributed by atoms with E-state index >= 15 is 0 Å². The van der Waals surface area contributed by atoms with Crippen LogP contribution < -0.4 is 10.5 Å². The Hall–Kier alpha value is -1.85. The molecule has 3 aromatic rings. The van der Waals surface area contributed by atoms with E-state index < -0.39 is 0 Å². The predicted octanol–water partition coefficient (Wildman–Crippen LogP) is 0.676. The summed E-state index contributed by atoms with van der Waals surface area (Å²) in [6, 6.07) is 5.50. The summed E-state index contributed by atoms with van der Waals surface area (Å²) >= 11 is 6.00. The lowest BCUT2D eigenvalue weighted by molar-refractivity contribution is -0.858. The molecular formula is C14H16ClN4O+. The minimum absolute atomic E-state index is 0.0384. The third kappa shape index (κ3) is 2.19. The highest BCUT2D eigenvalue weighted by Crippen LogP contribution is 2.24. The van der Waals surface area contributed by atoms with Gasteiger partial charge in [-0.05, 0) is 18.2 Å². The van der Waals surface area contributed by atoms with Gasteiger partial charge in [-0.2, -0.15) is 0 Å². The molecule has 0 atom stereocenters. The van der Waals surface area contributed by atoms with Gasteiger partial charge in [-0.25, -0.2) is 4.98 Å². The van der Waals surface area contributed by atoms with Crippen LogP contribution in [0.3, 0.4) is 0 Å². The van der Waals surface area contributed by atoms with Crippen LogP contribution in [-0.4, -0.2) is 35.2 Å². The lowest BCUT2D eigenvalue weighted by Crippen LogP contribution is -3.06. The van der Waals surface area contributed by atoms with Crippen LogP contribution >= 0.6 is 11.6 Å². The molecule has 0 aliphatic carbocycles. The van der Waals surface area contributed by atoms with E-state index in [0.717, 1.165) is 17.4 Å². The second-order valence-corrected chi connectivity index (χ2v) is 5.68. The molecule has 2 N–H and O–H groups in total. The number of benzene rings is 1. The molecule has 0 saturated heterocycles. The van der Waals surface area contributed by atoms with Gasteiger partial charge in [0, 0.05) is 15.9 Å². The first-order valence-electron chi connectivity index (χ1n) is 6.51. The monoisotopic (exact) mass is 291 g/mol. The quantitative estimate of drug-likeness (QED) is 0.745. The van der Waals surface area contributed by atoms with Crippen LogP contribution in [0.2, 0.25) is 5.02 Å². The van der Waals surface area contributed by atoms with Crippen molar-refractivity contribution in [2.24, 2.45) is 0 Å². The average molecular weight is 292 g/mol. The maximum absolute atomic E-state index is 12.4. The van der Waals surface area contributed by atoms with Crippen LogP contribution in [0.4, 0.5) is 0 Å². The van der Waals surface area contributed by atoms with Crippen molar-refractivity contribution in [3.8, 4) is 0 Å². The largest absolute Gasteiger partial charge is 0.349 e. The zero-order valence-electron chi connectivity index (χ0n) is 11.4. The minimum Gasteiger partial charge on any atom is -0.349 e. The van der Waals surface area contributed by atoms with Crippen LogP contribution in [0.25, 0.3) is 21.9 Å². The van der Waals surface area contributed by atoms with E-state index in [2.05, 4.69) is 24.1 Å². The van der Waals surface area contributed by atoms with Crippen LogP contribution in [0, 0.1) is 0 Å². The number of hydrogen-bond donors (Lipinski definition) is 2. The van der Waals surface area contributed by atoms with Gasteiger partial charge in [0.25, 0.3) is 5.56 Å². The molecule has 0 saturated carbocycles. The number of aromatic nitrogens is 3. The number of nitrogens with one attached hydrogen (secondary N) is 2. The lowest BCUT2D eigenvalue weighted by Gasteiger charge is -2.08. The van der Waals surface area contributed by atoms with Crippen LogP contribution in [-0.2, 0) is 6.54 Å². The summed E-state index contributed by atoms with van der Waals surface area (Å²) in [5.41, 5.74) is 2.06. The van der Waals surface area contributed by atoms with E-state index in [4.69, 9.17) is 11.6 Å². The molecule has 2 aromatic heterocycles. The molecule has 1 aromatic carbocycles. The summed E-state index contributed by atoms with van der Waals surface area (Å²) in [6.45, 7) is 1.53. The molecular weight excluding hydrogens is 276 g/mol. The summed E-state index contributed by atoms with van der Waals surface area (Å²) in [6.07, 6.45) is 1.61. The van der Waals surface area contributed by atoms with Crippen molar-refractivity contribution in [1.82, 2.24) is 14.5 Å². The SMILES string of the molecule is C[NH+](C)CCn1cnc2c([nH]c3ccc(Cl)cc32)c1=O. The standard InChI is InChI=1S/C14H15ClN4O/c1-18(2)5-6-19-8-16-12-10-7-9(15)3-4-11(10)17-13(12)14(19)20/h3-4,7-8,17H,5-6H2,1-2H3/p+1. The van der Waals surface area contributed by atoms with Gasteiger partial charge in [0.2, 0.25) is 0 Å². The molecule has 0 bridgehead atoms. The highest BCUT2D eigenvalue weighted by Gasteiger charge is 2.11. The molecule has 0 radical (unpaired) electrons. The minimum atomic E-state index is -0.0384. The zero-order chi connectivity index (χ0) is 14.3. The Bertz CT molecular complexity index is 834. The summed E-state index contributed by atoms with van der Waals surface area (Å²) in [4.78, 5) is 21.3. The lowest BCUT2D eigenvalue weighted by atomic mass is 10.2. The van der Waals surface area contributed by atoms with Gasteiger partial charge in [0.15, 0.2) is 0 Å². The molecule has 20 heavy (non-hydrogen) atoms. The molecule has 3 rings (SSSR count). The van der Waals surface area contributed by atoms with Gasteiger partial charge in [-0.3, -0.25) is 9.36 Å². The van der Waals surface area contributed by atoms with E-state index in [0.29, 0.717) is 22.6 Å². The number of aromatic amines is 1. The number of fused-ring (bicyclic) bond motifs is 3. The van der Waals surface area contributed by atoms with Gasteiger partial charge in [-0.15, -0.1) is 0 Å². The highest BCUT2D eigenvalue weighted by molar-refractivity contribution is 6.31. The molecule has 2 heterocycles. The van der Waals surface area contributed by atoms with Crippen LogP contribution in [0.1, 0.15) is 0 Å². The molecule has 0 fully saturated rings. The van der Waals surface area contributed by atoms with Gasteiger partial charge in [-0.1, -0.05) is 11.6 Å².